The third-order valence-corrected chi connectivity index (χ3v) is 3.02. The third kappa shape index (κ3) is 3.62. The molecule has 6 heteroatoms. The quantitative estimate of drug-likeness (QED) is 0.813. The van der Waals surface area contributed by atoms with E-state index in [0.29, 0.717) is 17.3 Å². The molecule has 104 valence electrons. The van der Waals surface area contributed by atoms with Crippen LogP contribution in [0.25, 0.3) is 6.08 Å². The standard InChI is InChI=1S/C15H11ClN4O/c1-21-15-3-2-12(4-11(6-17)7-18)13(5-15)9-20-10-14(16)8-19-20/h2-5,8,10H,9H2,1H3. The maximum Gasteiger partial charge on any atom is 0.130 e. The average molecular weight is 299 g/mol. The normalized spacial score (nSPS) is 9.52. The van der Waals surface area contributed by atoms with Crippen molar-refractivity contribution in [3.05, 3.63) is 52.3 Å². The van der Waals surface area contributed by atoms with Crippen LogP contribution in [0.2, 0.25) is 5.02 Å². The van der Waals surface area contributed by atoms with Crippen LogP contribution >= 0.6 is 11.6 Å². The number of hydrogen-bond donors (Lipinski definition) is 0. The first-order valence-electron chi connectivity index (χ1n) is 6.03. The van der Waals surface area contributed by atoms with E-state index in [2.05, 4.69) is 5.10 Å². The topological polar surface area (TPSA) is 74.6 Å². The number of ether oxygens (including phenoxy) is 1. The summed E-state index contributed by atoms with van der Waals surface area (Å²) in [6.45, 7) is 0.458. The van der Waals surface area contributed by atoms with Crippen LogP contribution in [-0.4, -0.2) is 16.9 Å². The van der Waals surface area contributed by atoms with Gasteiger partial charge in [-0.3, -0.25) is 4.68 Å². The lowest BCUT2D eigenvalue weighted by atomic mass is 10.0. The SMILES string of the molecule is COc1ccc(C=C(C#N)C#N)c(Cn2cc(Cl)cn2)c1. The number of halogens is 1. The number of nitriles is 2. The molecule has 0 aliphatic rings. The first-order chi connectivity index (χ1) is 10.2. The molecule has 21 heavy (non-hydrogen) atoms. The van der Waals surface area contributed by atoms with Crippen LogP contribution in [0.1, 0.15) is 11.1 Å². The Labute approximate surface area is 127 Å². The van der Waals surface area contributed by atoms with E-state index in [4.69, 9.17) is 26.9 Å². The Kier molecular flexibility index (Phi) is 4.61. The van der Waals surface area contributed by atoms with Gasteiger partial charge in [0.1, 0.15) is 23.5 Å². The number of nitrogens with zero attached hydrogens (tertiary/aromatic N) is 4. The Balaban J connectivity index is 2.43. The van der Waals surface area contributed by atoms with Crippen molar-refractivity contribution in [1.82, 2.24) is 9.78 Å². The summed E-state index contributed by atoms with van der Waals surface area (Å²) in [6, 6.07) is 9.11. The van der Waals surface area contributed by atoms with Gasteiger partial charge in [0, 0.05) is 6.20 Å². The fourth-order valence-electron chi connectivity index (χ4n) is 1.83. The number of hydrogen-bond acceptors (Lipinski definition) is 4. The molecular weight excluding hydrogens is 288 g/mol. The molecule has 0 aliphatic heterocycles. The number of benzene rings is 1. The highest BCUT2D eigenvalue weighted by Crippen LogP contribution is 2.21. The largest absolute Gasteiger partial charge is 0.497 e. The lowest BCUT2D eigenvalue weighted by molar-refractivity contribution is 0.414. The van der Waals surface area contributed by atoms with Crippen molar-refractivity contribution >= 4 is 17.7 Å². The van der Waals surface area contributed by atoms with Gasteiger partial charge < -0.3 is 4.74 Å². The van der Waals surface area contributed by atoms with E-state index in [0.717, 1.165) is 11.1 Å². The van der Waals surface area contributed by atoms with Gasteiger partial charge in [-0.2, -0.15) is 15.6 Å². The minimum absolute atomic E-state index is 0.0416. The molecule has 1 heterocycles. The highest BCUT2D eigenvalue weighted by atomic mass is 35.5. The van der Waals surface area contributed by atoms with Gasteiger partial charge in [0.25, 0.3) is 0 Å². The van der Waals surface area contributed by atoms with Crippen molar-refractivity contribution < 1.29 is 4.74 Å². The van der Waals surface area contributed by atoms with Crippen LogP contribution in [0.4, 0.5) is 0 Å². The molecule has 0 fully saturated rings. The zero-order valence-corrected chi connectivity index (χ0v) is 12.0. The van der Waals surface area contributed by atoms with Crippen LogP contribution in [0, 0.1) is 22.7 Å². The summed E-state index contributed by atoms with van der Waals surface area (Å²) in [6.07, 6.45) is 4.79. The summed E-state index contributed by atoms with van der Waals surface area (Å²) in [5.74, 6) is 0.691. The second kappa shape index (κ2) is 6.60. The maximum atomic E-state index is 8.87. The number of aromatic nitrogens is 2. The molecule has 5 nitrogen and oxygen atoms in total. The predicted molar refractivity (Wildman–Crippen MR) is 78.5 cm³/mol. The minimum atomic E-state index is 0.0416. The first-order valence-corrected chi connectivity index (χ1v) is 6.41. The summed E-state index contributed by atoms with van der Waals surface area (Å²) < 4.78 is 6.88. The molecule has 0 saturated heterocycles. The van der Waals surface area contributed by atoms with E-state index in [1.165, 1.54) is 0 Å². The smallest absolute Gasteiger partial charge is 0.130 e. The fraction of sp³-hybridized carbons (Fsp3) is 0.133. The fourth-order valence-corrected chi connectivity index (χ4v) is 1.99. The van der Waals surface area contributed by atoms with Gasteiger partial charge in [-0.15, -0.1) is 0 Å². The molecule has 0 aliphatic carbocycles. The number of rotatable bonds is 4. The molecule has 2 aromatic rings. The molecular formula is C15H11ClN4O. The predicted octanol–water partition coefficient (Wildman–Crippen LogP) is 3.02. The van der Waals surface area contributed by atoms with Crippen molar-refractivity contribution in [3.8, 4) is 17.9 Å². The molecule has 0 spiro atoms. The second-order valence-electron chi connectivity index (χ2n) is 4.20. The Bertz CT molecular complexity index is 749. The Morgan fingerprint density at radius 2 is 2.19 bits per heavy atom. The van der Waals surface area contributed by atoms with E-state index in [-0.39, 0.29) is 5.57 Å². The van der Waals surface area contributed by atoms with Gasteiger partial charge in [0.05, 0.1) is 24.9 Å². The second-order valence-corrected chi connectivity index (χ2v) is 4.64. The summed E-state index contributed by atoms with van der Waals surface area (Å²) in [4.78, 5) is 0. The molecule has 0 bridgehead atoms. The van der Waals surface area contributed by atoms with E-state index in [1.54, 1.807) is 42.4 Å². The minimum Gasteiger partial charge on any atom is -0.497 e. The van der Waals surface area contributed by atoms with Crippen molar-refractivity contribution in [2.45, 2.75) is 6.54 Å². The molecule has 0 unspecified atom stereocenters. The van der Waals surface area contributed by atoms with Crippen molar-refractivity contribution in [2.24, 2.45) is 0 Å². The highest BCUT2D eigenvalue weighted by Gasteiger charge is 2.06. The van der Waals surface area contributed by atoms with Gasteiger partial charge in [-0.1, -0.05) is 17.7 Å². The molecule has 0 atom stereocenters. The molecule has 1 aromatic heterocycles. The van der Waals surface area contributed by atoms with E-state index in [9.17, 15) is 0 Å². The molecule has 0 amide bonds. The average Bonchev–Trinajstić information content (AvgIpc) is 2.91. The Morgan fingerprint density at radius 1 is 1.43 bits per heavy atom. The zero-order chi connectivity index (χ0) is 15.2. The lowest BCUT2D eigenvalue weighted by Crippen LogP contribution is -2.02. The molecule has 0 saturated carbocycles. The van der Waals surface area contributed by atoms with Gasteiger partial charge in [-0.25, -0.2) is 0 Å². The number of allylic oxidation sites excluding steroid dienone is 1. The van der Waals surface area contributed by atoms with Crippen molar-refractivity contribution in [3.63, 3.8) is 0 Å². The van der Waals surface area contributed by atoms with E-state index >= 15 is 0 Å². The highest BCUT2D eigenvalue weighted by molar-refractivity contribution is 6.30. The number of methoxy groups -OCH3 is 1. The summed E-state index contributed by atoms with van der Waals surface area (Å²) in [5.41, 5.74) is 1.68. The Hall–Kier alpha value is -2.76. The molecule has 1 aromatic carbocycles. The Morgan fingerprint density at radius 3 is 2.76 bits per heavy atom. The van der Waals surface area contributed by atoms with Gasteiger partial charge in [0.15, 0.2) is 0 Å². The summed E-state index contributed by atoms with van der Waals surface area (Å²) >= 11 is 5.85. The lowest BCUT2D eigenvalue weighted by Gasteiger charge is -2.09. The molecule has 2 rings (SSSR count). The maximum absolute atomic E-state index is 8.87. The van der Waals surface area contributed by atoms with Crippen molar-refractivity contribution in [1.29, 1.82) is 10.5 Å². The van der Waals surface area contributed by atoms with Crippen LogP contribution in [0.5, 0.6) is 5.75 Å². The van der Waals surface area contributed by atoms with Gasteiger partial charge >= 0.3 is 0 Å². The summed E-state index contributed by atoms with van der Waals surface area (Å²) in [7, 11) is 1.58. The first kappa shape index (κ1) is 14.6. The van der Waals surface area contributed by atoms with E-state index < -0.39 is 0 Å². The van der Waals surface area contributed by atoms with Crippen LogP contribution in [-0.2, 0) is 6.54 Å². The monoisotopic (exact) mass is 298 g/mol. The molecule has 0 N–H and O–H groups in total. The van der Waals surface area contributed by atoms with Gasteiger partial charge in [-0.05, 0) is 29.3 Å². The molecule has 0 radical (unpaired) electrons. The van der Waals surface area contributed by atoms with Crippen molar-refractivity contribution in [2.75, 3.05) is 7.11 Å². The van der Waals surface area contributed by atoms with Crippen LogP contribution in [0.15, 0.2) is 36.2 Å². The van der Waals surface area contributed by atoms with Crippen LogP contribution in [0.3, 0.4) is 0 Å². The summed E-state index contributed by atoms with van der Waals surface area (Å²) in [5, 5.41) is 22.4. The van der Waals surface area contributed by atoms with Gasteiger partial charge in [0.2, 0.25) is 0 Å². The van der Waals surface area contributed by atoms with E-state index in [1.807, 2.05) is 18.2 Å². The third-order valence-electron chi connectivity index (χ3n) is 2.82. The zero-order valence-electron chi connectivity index (χ0n) is 11.2. The van der Waals surface area contributed by atoms with Crippen LogP contribution < -0.4 is 4.74 Å².